The summed E-state index contributed by atoms with van der Waals surface area (Å²) >= 11 is 0. The highest BCUT2D eigenvalue weighted by Crippen LogP contribution is 2.00. The Morgan fingerprint density at radius 3 is 2.14 bits per heavy atom. The van der Waals surface area contributed by atoms with Gasteiger partial charge in [-0.25, -0.2) is 0 Å². The van der Waals surface area contributed by atoms with Gasteiger partial charge in [0.05, 0.1) is 0 Å². The Hall–Kier alpha value is -0.0800. The van der Waals surface area contributed by atoms with E-state index in [1.165, 1.54) is 0 Å². The molecular formula is C5H13NO. The summed E-state index contributed by atoms with van der Waals surface area (Å²) in [5, 5.41) is 8.60. The predicted molar refractivity (Wildman–Crippen MR) is 29.6 cm³/mol. The van der Waals surface area contributed by atoms with Gasteiger partial charge in [-0.3, -0.25) is 0 Å². The lowest BCUT2D eigenvalue weighted by atomic mass is 10.1. The van der Waals surface area contributed by atoms with Gasteiger partial charge < -0.3 is 10.8 Å². The fourth-order valence-corrected chi connectivity index (χ4v) is 0.241. The second kappa shape index (κ2) is 2.99. The van der Waals surface area contributed by atoms with Gasteiger partial charge in [0.2, 0.25) is 0 Å². The van der Waals surface area contributed by atoms with Crippen molar-refractivity contribution in [3.8, 4) is 0 Å². The minimum absolute atomic E-state index is 0.236. The highest BCUT2D eigenvalue weighted by Gasteiger charge is 2.03. The fraction of sp³-hybridized carbons (Fsp3) is 1.00. The van der Waals surface area contributed by atoms with E-state index < -0.39 is 6.23 Å². The molecule has 0 fully saturated rings. The SMILES string of the molecule is CCC(C)[C@@H](N)O. The number of hydrogen-bond acceptors (Lipinski definition) is 2. The molecule has 2 nitrogen and oxygen atoms in total. The molecule has 0 aromatic carbocycles. The zero-order chi connectivity index (χ0) is 5.86. The van der Waals surface area contributed by atoms with Crippen LogP contribution in [0.1, 0.15) is 20.3 Å². The molecule has 0 aliphatic heterocycles. The van der Waals surface area contributed by atoms with E-state index >= 15 is 0 Å². The third kappa shape index (κ3) is 2.60. The van der Waals surface area contributed by atoms with Crippen LogP contribution in [0.3, 0.4) is 0 Å². The molecule has 1 unspecified atom stereocenters. The molecule has 0 aliphatic rings. The molecule has 0 radical (unpaired) electrons. The predicted octanol–water partition coefficient (Wildman–Crippen LogP) is 0.310. The van der Waals surface area contributed by atoms with Gasteiger partial charge in [-0.15, -0.1) is 0 Å². The van der Waals surface area contributed by atoms with Gasteiger partial charge in [-0.05, 0) is 12.3 Å². The number of hydrogen-bond donors (Lipinski definition) is 2. The molecule has 44 valence electrons. The summed E-state index contributed by atoms with van der Waals surface area (Å²) in [7, 11) is 0. The summed E-state index contributed by atoms with van der Waals surface area (Å²) in [6.07, 6.45) is 0.308. The van der Waals surface area contributed by atoms with E-state index in [1.807, 2.05) is 13.8 Å². The molecule has 0 aromatic heterocycles. The van der Waals surface area contributed by atoms with Crippen molar-refractivity contribution in [2.75, 3.05) is 0 Å². The first-order valence-electron chi connectivity index (χ1n) is 2.62. The monoisotopic (exact) mass is 103 g/mol. The van der Waals surface area contributed by atoms with Crippen molar-refractivity contribution in [2.45, 2.75) is 26.5 Å². The Bertz CT molecular complexity index is 45.3. The lowest BCUT2D eigenvalue weighted by molar-refractivity contribution is 0.121. The van der Waals surface area contributed by atoms with Crippen LogP contribution in [0.15, 0.2) is 0 Å². The van der Waals surface area contributed by atoms with Crippen LogP contribution in [0.4, 0.5) is 0 Å². The normalized spacial score (nSPS) is 18.9. The van der Waals surface area contributed by atoms with Crippen LogP contribution in [0, 0.1) is 5.92 Å². The molecule has 0 amide bonds. The lowest BCUT2D eigenvalue weighted by Crippen LogP contribution is -2.26. The molecule has 0 aromatic rings. The van der Waals surface area contributed by atoms with Gasteiger partial charge in [0, 0.05) is 0 Å². The van der Waals surface area contributed by atoms with E-state index in [9.17, 15) is 0 Å². The van der Waals surface area contributed by atoms with Gasteiger partial charge in [-0.2, -0.15) is 0 Å². The lowest BCUT2D eigenvalue weighted by Gasteiger charge is -2.09. The second-order valence-corrected chi connectivity index (χ2v) is 1.88. The Balaban J connectivity index is 3.14. The summed E-state index contributed by atoms with van der Waals surface area (Å²) in [4.78, 5) is 0. The van der Waals surface area contributed by atoms with Crippen molar-refractivity contribution in [3.05, 3.63) is 0 Å². The molecular weight excluding hydrogens is 90.1 g/mol. The number of aliphatic hydroxyl groups excluding tert-OH is 1. The average Bonchev–Trinajstić information content (AvgIpc) is 1.65. The van der Waals surface area contributed by atoms with Crippen LogP contribution < -0.4 is 5.73 Å². The first-order chi connectivity index (χ1) is 3.18. The summed E-state index contributed by atoms with van der Waals surface area (Å²) in [6.45, 7) is 3.92. The quantitative estimate of drug-likeness (QED) is 0.494. The molecule has 2 heteroatoms. The van der Waals surface area contributed by atoms with Gasteiger partial charge in [0.15, 0.2) is 0 Å². The van der Waals surface area contributed by atoms with Crippen molar-refractivity contribution in [2.24, 2.45) is 11.7 Å². The molecule has 3 N–H and O–H groups in total. The third-order valence-corrected chi connectivity index (χ3v) is 1.23. The minimum Gasteiger partial charge on any atom is -0.379 e. The van der Waals surface area contributed by atoms with Crippen LogP contribution in [-0.2, 0) is 0 Å². The van der Waals surface area contributed by atoms with Crippen LogP contribution in [0.2, 0.25) is 0 Å². The molecule has 0 aliphatic carbocycles. The van der Waals surface area contributed by atoms with E-state index in [1.54, 1.807) is 0 Å². The summed E-state index contributed by atoms with van der Waals surface area (Å²) < 4.78 is 0. The Labute approximate surface area is 44.3 Å². The Morgan fingerprint density at radius 2 is 2.14 bits per heavy atom. The van der Waals surface area contributed by atoms with Gasteiger partial charge in [0.25, 0.3) is 0 Å². The number of nitrogens with two attached hydrogens (primary N) is 1. The standard InChI is InChI=1S/C5H13NO/c1-3-4(2)5(6)7/h4-5,7H,3,6H2,1-2H3/t4?,5-/m0/s1. The van der Waals surface area contributed by atoms with Gasteiger partial charge in [-0.1, -0.05) is 13.8 Å². The van der Waals surface area contributed by atoms with Crippen LogP contribution >= 0.6 is 0 Å². The zero-order valence-corrected chi connectivity index (χ0v) is 4.89. The number of rotatable bonds is 2. The largest absolute Gasteiger partial charge is 0.379 e. The van der Waals surface area contributed by atoms with Crippen LogP contribution in [0.25, 0.3) is 0 Å². The van der Waals surface area contributed by atoms with Crippen LogP contribution in [0.5, 0.6) is 0 Å². The van der Waals surface area contributed by atoms with Crippen LogP contribution in [-0.4, -0.2) is 11.3 Å². The average molecular weight is 103 g/mol. The summed E-state index contributed by atoms with van der Waals surface area (Å²) in [6, 6.07) is 0. The molecule has 0 heterocycles. The molecule has 0 rings (SSSR count). The first-order valence-corrected chi connectivity index (χ1v) is 2.62. The number of aliphatic hydroxyl groups is 1. The van der Waals surface area contributed by atoms with Crippen molar-refractivity contribution in [1.29, 1.82) is 0 Å². The summed E-state index contributed by atoms with van der Waals surface area (Å²) in [5.74, 6) is 0.236. The van der Waals surface area contributed by atoms with E-state index in [-0.39, 0.29) is 5.92 Å². The highest BCUT2D eigenvalue weighted by molar-refractivity contribution is 4.52. The maximum absolute atomic E-state index is 8.60. The molecule has 7 heavy (non-hydrogen) atoms. The molecule has 0 saturated carbocycles. The molecule has 0 spiro atoms. The topological polar surface area (TPSA) is 46.2 Å². The maximum Gasteiger partial charge on any atom is 0.104 e. The smallest absolute Gasteiger partial charge is 0.104 e. The van der Waals surface area contributed by atoms with Gasteiger partial charge >= 0.3 is 0 Å². The van der Waals surface area contributed by atoms with Crippen molar-refractivity contribution in [3.63, 3.8) is 0 Å². The van der Waals surface area contributed by atoms with E-state index in [2.05, 4.69) is 0 Å². The van der Waals surface area contributed by atoms with Crippen molar-refractivity contribution < 1.29 is 5.11 Å². The molecule has 2 atom stereocenters. The molecule has 0 saturated heterocycles. The third-order valence-electron chi connectivity index (χ3n) is 1.23. The van der Waals surface area contributed by atoms with Gasteiger partial charge in [0.1, 0.15) is 6.23 Å². The fourth-order valence-electron chi connectivity index (χ4n) is 0.241. The maximum atomic E-state index is 8.60. The highest BCUT2D eigenvalue weighted by atomic mass is 16.3. The van der Waals surface area contributed by atoms with E-state index in [0.29, 0.717) is 0 Å². The van der Waals surface area contributed by atoms with E-state index in [4.69, 9.17) is 10.8 Å². The Kier molecular flexibility index (Phi) is 2.96. The van der Waals surface area contributed by atoms with Crippen molar-refractivity contribution >= 4 is 0 Å². The minimum atomic E-state index is -0.634. The zero-order valence-electron chi connectivity index (χ0n) is 4.89. The van der Waals surface area contributed by atoms with E-state index in [0.717, 1.165) is 6.42 Å². The Morgan fingerprint density at radius 1 is 1.71 bits per heavy atom. The first kappa shape index (κ1) is 6.92. The summed E-state index contributed by atoms with van der Waals surface area (Å²) in [5.41, 5.74) is 5.10. The second-order valence-electron chi connectivity index (χ2n) is 1.88. The molecule has 0 bridgehead atoms. The van der Waals surface area contributed by atoms with Crippen molar-refractivity contribution in [1.82, 2.24) is 0 Å².